The fourth-order valence-electron chi connectivity index (χ4n) is 1.83. The highest BCUT2D eigenvalue weighted by Gasteiger charge is 2.12. The Bertz CT molecular complexity index is 538. The van der Waals surface area contributed by atoms with Crippen LogP contribution < -0.4 is 10.5 Å². The Hall–Kier alpha value is -1.39. The minimum atomic E-state index is -0.216. The van der Waals surface area contributed by atoms with E-state index in [1.807, 2.05) is 18.4 Å². The second kappa shape index (κ2) is 5.50. The Kier molecular flexibility index (Phi) is 3.99. The molecule has 2 N–H and O–H groups in total. The summed E-state index contributed by atoms with van der Waals surface area (Å²) >= 11 is 1.57. The van der Waals surface area contributed by atoms with Crippen LogP contribution in [-0.2, 0) is 6.42 Å². The first-order valence-corrected chi connectivity index (χ1v) is 6.61. The molecule has 0 aliphatic carbocycles. The molecule has 0 amide bonds. The average molecular weight is 265 g/mol. The minimum absolute atomic E-state index is 0.126. The molecule has 2 nitrogen and oxygen atoms in total. The zero-order valence-electron chi connectivity index (χ0n) is 10.4. The van der Waals surface area contributed by atoms with Crippen molar-refractivity contribution in [2.24, 2.45) is 5.73 Å². The van der Waals surface area contributed by atoms with E-state index in [9.17, 15) is 4.39 Å². The molecule has 18 heavy (non-hydrogen) atoms. The fraction of sp³-hybridized carbons (Fsp3) is 0.286. The molecular formula is C14H16FNOS. The van der Waals surface area contributed by atoms with Gasteiger partial charge in [0.1, 0.15) is 11.6 Å². The minimum Gasteiger partial charge on any atom is -0.496 e. The molecule has 0 radical (unpaired) electrons. The number of benzene rings is 1. The van der Waals surface area contributed by atoms with E-state index in [4.69, 9.17) is 10.5 Å². The van der Waals surface area contributed by atoms with E-state index in [0.29, 0.717) is 6.42 Å². The van der Waals surface area contributed by atoms with Crippen LogP contribution in [0, 0.1) is 12.7 Å². The molecule has 2 aromatic rings. The van der Waals surface area contributed by atoms with E-state index in [2.05, 4.69) is 0 Å². The van der Waals surface area contributed by atoms with Gasteiger partial charge in [0, 0.05) is 16.3 Å². The Labute approximate surface area is 110 Å². The molecule has 1 atom stereocenters. The number of rotatable bonds is 4. The maximum Gasteiger partial charge on any atom is 0.129 e. The molecule has 1 heterocycles. The van der Waals surface area contributed by atoms with Crippen molar-refractivity contribution < 1.29 is 9.13 Å². The van der Waals surface area contributed by atoms with E-state index in [1.54, 1.807) is 30.6 Å². The molecule has 0 saturated heterocycles. The van der Waals surface area contributed by atoms with Crippen LogP contribution >= 0.6 is 11.3 Å². The second-order valence-electron chi connectivity index (χ2n) is 4.27. The summed E-state index contributed by atoms with van der Waals surface area (Å²) in [6.07, 6.45) is 0.632. The lowest BCUT2D eigenvalue weighted by molar-refractivity contribution is 0.416. The third-order valence-corrected chi connectivity index (χ3v) is 3.99. The van der Waals surface area contributed by atoms with Gasteiger partial charge >= 0.3 is 0 Å². The smallest absolute Gasteiger partial charge is 0.129 e. The fourth-order valence-corrected chi connectivity index (χ4v) is 2.69. The molecular weight excluding hydrogens is 249 g/mol. The second-order valence-corrected chi connectivity index (χ2v) is 5.21. The van der Waals surface area contributed by atoms with E-state index in [0.717, 1.165) is 21.8 Å². The van der Waals surface area contributed by atoms with E-state index in [1.165, 1.54) is 6.07 Å². The monoisotopic (exact) mass is 265 g/mol. The van der Waals surface area contributed by atoms with Crippen LogP contribution in [0.1, 0.15) is 22.0 Å². The predicted octanol–water partition coefficient (Wildman–Crippen LogP) is 3.45. The number of nitrogens with two attached hydrogens (primary N) is 1. The zero-order valence-corrected chi connectivity index (χ0v) is 11.3. The van der Waals surface area contributed by atoms with Crippen molar-refractivity contribution in [2.75, 3.05) is 7.11 Å². The SMILES string of the molecule is COc1csc(C(N)Cc2cc(F)ccc2C)c1. The summed E-state index contributed by atoms with van der Waals surface area (Å²) in [5.74, 6) is 0.605. The van der Waals surface area contributed by atoms with Gasteiger partial charge < -0.3 is 10.5 Å². The van der Waals surface area contributed by atoms with E-state index in [-0.39, 0.29) is 11.9 Å². The molecule has 0 aliphatic heterocycles. The Morgan fingerprint density at radius 3 is 2.83 bits per heavy atom. The number of ether oxygens (including phenoxy) is 1. The van der Waals surface area contributed by atoms with Gasteiger partial charge in [-0.25, -0.2) is 4.39 Å². The molecule has 2 rings (SSSR count). The lowest BCUT2D eigenvalue weighted by Crippen LogP contribution is -2.12. The molecule has 1 aromatic heterocycles. The number of halogens is 1. The van der Waals surface area contributed by atoms with Gasteiger partial charge in [-0.1, -0.05) is 6.07 Å². The third-order valence-electron chi connectivity index (χ3n) is 2.95. The van der Waals surface area contributed by atoms with Crippen LogP contribution in [0.2, 0.25) is 0 Å². The molecule has 0 saturated carbocycles. The van der Waals surface area contributed by atoms with Gasteiger partial charge in [-0.2, -0.15) is 0 Å². The van der Waals surface area contributed by atoms with Gasteiger partial charge in [-0.15, -0.1) is 11.3 Å². The summed E-state index contributed by atoms with van der Waals surface area (Å²) in [6.45, 7) is 1.97. The molecule has 0 aliphatic rings. The van der Waals surface area contributed by atoms with Crippen LogP contribution in [0.3, 0.4) is 0 Å². The largest absolute Gasteiger partial charge is 0.496 e. The summed E-state index contributed by atoms with van der Waals surface area (Å²) in [6, 6.07) is 6.62. The maximum atomic E-state index is 13.2. The molecule has 0 bridgehead atoms. The number of methoxy groups -OCH3 is 1. The van der Waals surface area contributed by atoms with Crippen molar-refractivity contribution in [3.63, 3.8) is 0 Å². The molecule has 0 spiro atoms. The average Bonchev–Trinajstić information content (AvgIpc) is 2.82. The maximum absolute atomic E-state index is 13.2. The van der Waals surface area contributed by atoms with Crippen LogP contribution in [0.4, 0.5) is 4.39 Å². The molecule has 0 fully saturated rings. The first kappa shape index (κ1) is 13.1. The highest BCUT2D eigenvalue weighted by molar-refractivity contribution is 7.10. The Morgan fingerprint density at radius 1 is 1.39 bits per heavy atom. The van der Waals surface area contributed by atoms with Crippen molar-refractivity contribution in [3.8, 4) is 5.75 Å². The normalized spacial score (nSPS) is 12.4. The summed E-state index contributed by atoms with van der Waals surface area (Å²) < 4.78 is 18.3. The highest BCUT2D eigenvalue weighted by Crippen LogP contribution is 2.28. The van der Waals surface area contributed by atoms with Crippen molar-refractivity contribution in [1.29, 1.82) is 0 Å². The van der Waals surface area contributed by atoms with Crippen LogP contribution in [0.15, 0.2) is 29.6 Å². The summed E-state index contributed by atoms with van der Waals surface area (Å²) in [4.78, 5) is 1.05. The lowest BCUT2D eigenvalue weighted by Gasteiger charge is -2.11. The lowest BCUT2D eigenvalue weighted by atomic mass is 10.0. The first-order valence-electron chi connectivity index (χ1n) is 5.73. The molecule has 1 aromatic carbocycles. The van der Waals surface area contributed by atoms with Gasteiger partial charge in [-0.05, 0) is 42.7 Å². The van der Waals surface area contributed by atoms with Crippen molar-refractivity contribution in [1.82, 2.24) is 0 Å². The Balaban J connectivity index is 2.15. The van der Waals surface area contributed by atoms with Crippen LogP contribution in [-0.4, -0.2) is 7.11 Å². The van der Waals surface area contributed by atoms with Gasteiger partial charge in [0.25, 0.3) is 0 Å². The quantitative estimate of drug-likeness (QED) is 0.919. The van der Waals surface area contributed by atoms with Gasteiger partial charge in [0.05, 0.1) is 7.11 Å². The van der Waals surface area contributed by atoms with Gasteiger partial charge in [0.15, 0.2) is 0 Å². The zero-order chi connectivity index (χ0) is 13.1. The van der Waals surface area contributed by atoms with Crippen LogP contribution in [0.25, 0.3) is 0 Å². The number of hydrogen-bond donors (Lipinski definition) is 1. The number of hydrogen-bond acceptors (Lipinski definition) is 3. The Morgan fingerprint density at radius 2 is 2.17 bits per heavy atom. The van der Waals surface area contributed by atoms with Crippen molar-refractivity contribution in [2.45, 2.75) is 19.4 Å². The highest BCUT2D eigenvalue weighted by atomic mass is 32.1. The van der Waals surface area contributed by atoms with Crippen LogP contribution in [0.5, 0.6) is 5.75 Å². The van der Waals surface area contributed by atoms with E-state index < -0.39 is 0 Å². The summed E-state index contributed by atoms with van der Waals surface area (Å²) in [5.41, 5.74) is 8.17. The first-order chi connectivity index (χ1) is 8.60. The predicted molar refractivity (Wildman–Crippen MR) is 72.6 cm³/mol. The topological polar surface area (TPSA) is 35.2 Å². The van der Waals surface area contributed by atoms with Gasteiger partial charge in [-0.3, -0.25) is 0 Å². The number of aryl methyl sites for hydroxylation is 1. The summed E-state index contributed by atoms with van der Waals surface area (Å²) in [7, 11) is 1.63. The summed E-state index contributed by atoms with van der Waals surface area (Å²) in [5, 5.41) is 1.92. The van der Waals surface area contributed by atoms with E-state index >= 15 is 0 Å². The van der Waals surface area contributed by atoms with Crippen molar-refractivity contribution in [3.05, 3.63) is 51.5 Å². The molecule has 96 valence electrons. The van der Waals surface area contributed by atoms with Crippen molar-refractivity contribution >= 4 is 11.3 Å². The third kappa shape index (κ3) is 2.89. The molecule has 4 heteroatoms. The standard InChI is InChI=1S/C14H16FNOS/c1-9-3-4-11(15)5-10(9)6-13(16)14-7-12(17-2)8-18-14/h3-5,7-8,13H,6,16H2,1-2H3. The molecule has 1 unspecified atom stereocenters. The van der Waals surface area contributed by atoms with Gasteiger partial charge in [0.2, 0.25) is 0 Å². The number of thiophene rings is 1.